The number of rotatable bonds is 7. The molecule has 2 aliphatic heterocycles. The molecule has 5 rings (SSSR count). The van der Waals surface area contributed by atoms with E-state index in [1.54, 1.807) is 6.92 Å². The molecule has 216 valence electrons. The topological polar surface area (TPSA) is 56.1 Å². The molecule has 10 heteroatoms. The van der Waals surface area contributed by atoms with Crippen LogP contribution >= 0.6 is 0 Å². The van der Waals surface area contributed by atoms with Crippen LogP contribution in [0.3, 0.4) is 0 Å². The number of carbonyl (C=O) groups is 1. The quantitative estimate of drug-likeness (QED) is 0.369. The first kappa shape index (κ1) is 28.9. The number of alkyl halides is 3. The lowest BCUT2D eigenvalue weighted by atomic mass is 9.82. The summed E-state index contributed by atoms with van der Waals surface area (Å²) in [5.41, 5.74) is -0.582. The van der Waals surface area contributed by atoms with E-state index in [2.05, 4.69) is 4.90 Å². The molecule has 1 fully saturated rings. The number of hydrogen-bond acceptors (Lipinski definition) is 4. The molecule has 2 atom stereocenters. The molecule has 0 saturated carbocycles. The lowest BCUT2D eigenvalue weighted by Crippen LogP contribution is -2.48. The number of hydrogen-bond donors (Lipinski definition) is 1. The summed E-state index contributed by atoms with van der Waals surface area (Å²) in [7, 11) is 0. The predicted molar refractivity (Wildman–Crippen MR) is 144 cm³/mol. The van der Waals surface area contributed by atoms with Crippen molar-refractivity contribution in [1.29, 1.82) is 0 Å². The number of carbonyl (C=O) groups excluding carboxylic acids is 1. The van der Waals surface area contributed by atoms with Crippen LogP contribution in [0.1, 0.15) is 47.9 Å². The van der Waals surface area contributed by atoms with E-state index in [9.17, 15) is 31.9 Å². The summed E-state index contributed by atoms with van der Waals surface area (Å²) >= 11 is 0. The zero-order valence-corrected chi connectivity index (χ0v) is 22.4. The Labute approximate surface area is 234 Å². The number of amides is 1. The normalized spacial score (nSPS) is 20.3. The minimum absolute atomic E-state index is 0.0274. The lowest BCUT2D eigenvalue weighted by molar-refractivity contribution is -0.137. The number of nitrogens with zero attached hydrogens (tertiary/aromatic N) is 3. The summed E-state index contributed by atoms with van der Waals surface area (Å²) in [4.78, 5) is 22.1. The first-order chi connectivity index (χ1) is 19.5. The van der Waals surface area contributed by atoms with Crippen molar-refractivity contribution in [2.24, 2.45) is 4.99 Å². The number of halogens is 5. The lowest BCUT2D eigenvalue weighted by Gasteiger charge is -2.35. The van der Waals surface area contributed by atoms with Crippen LogP contribution in [0.2, 0.25) is 0 Å². The summed E-state index contributed by atoms with van der Waals surface area (Å²) in [5, 5.41) is 11.0. The summed E-state index contributed by atoms with van der Waals surface area (Å²) < 4.78 is 66.4. The number of aliphatic hydroxyl groups excluding tert-OH is 1. The first-order valence-electron chi connectivity index (χ1n) is 13.5. The van der Waals surface area contributed by atoms with E-state index in [1.165, 1.54) is 65.6 Å². The Balaban J connectivity index is 1.30. The molecule has 0 radical (unpaired) electrons. The van der Waals surface area contributed by atoms with Gasteiger partial charge < -0.3 is 10.0 Å². The van der Waals surface area contributed by atoms with Crippen molar-refractivity contribution in [2.45, 2.75) is 43.5 Å². The van der Waals surface area contributed by atoms with E-state index in [0.29, 0.717) is 30.1 Å². The van der Waals surface area contributed by atoms with Crippen molar-refractivity contribution in [2.75, 3.05) is 26.2 Å². The summed E-state index contributed by atoms with van der Waals surface area (Å²) in [6.07, 6.45) is -3.68. The minimum atomic E-state index is -4.39. The van der Waals surface area contributed by atoms with Crippen molar-refractivity contribution in [1.82, 2.24) is 9.80 Å². The predicted octanol–water partition coefficient (Wildman–Crippen LogP) is 5.73. The van der Waals surface area contributed by atoms with Gasteiger partial charge in [-0.05, 0) is 85.3 Å². The van der Waals surface area contributed by atoms with E-state index < -0.39 is 40.9 Å². The van der Waals surface area contributed by atoms with Crippen molar-refractivity contribution >= 4 is 11.7 Å². The zero-order chi connectivity index (χ0) is 29.4. The van der Waals surface area contributed by atoms with Gasteiger partial charge in [-0.25, -0.2) is 13.8 Å². The average molecular weight is 572 g/mol. The number of amidine groups is 1. The molecule has 0 spiro atoms. The van der Waals surface area contributed by atoms with Crippen LogP contribution < -0.4 is 0 Å². The number of aliphatic hydroxyl groups is 1. The summed E-state index contributed by atoms with van der Waals surface area (Å²) in [5.74, 6) is -0.993. The maximum Gasteiger partial charge on any atom is 0.416 e. The van der Waals surface area contributed by atoms with Gasteiger partial charge in [0.1, 0.15) is 17.5 Å². The molecule has 5 nitrogen and oxygen atoms in total. The highest BCUT2D eigenvalue weighted by Gasteiger charge is 2.50. The van der Waals surface area contributed by atoms with Gasteiger partial charge in [0.05, 0.1) is 18.2 Å². The zero-order valence-electron chi connectivity index (χ0n) is 22.4. The van der Waals surface area contributed by atoms with Gasteiger partial charge in [-0.1, -0.05) is 36.4 Å². The fourth-order valence-electron chi connectivity index (χ4n) is 5.84. The molecule has 1 N–H and O–H groups in total. The van der Waals surface area contributed by atoms with Crippen LogP contribution in [-0.2, 0) is 16.5 Å². The van der Waals surface area contributed by atoms with Gasteiger partial charge in [-0.2, -0.15) is 13.2 Å². The van der Waals surface area contributed by atoms with Gasteiger partial charge >= 0.3 is 6.18 Å². The molecule has 1 saturated heterocycles. The van der Waals surface area contributed by atoms with E-state index in [-0.39, 0.29) is 19.0 Å². The van der Waals surface area contributed by atoms with Crippen molar-refractivity contribution in [3.8, 4) is 0 Å². The Bertz CT molecular complexity index is 1360. The highest BCUT2D eigenvalue weighted by Crippen LogP contribution is 2.40. The molecule has 0 aromatic heterocycles. The monoisotopic (exact) mass is 571 g/mol. The fourth-order valence-corrected chi connectivity index (χ4v) is 5.84. The molecule has 0 aliphatic carbocycles. The van der Waals surface area contributed by atoms with Crippen LogP contribution in [0.5, 0.6) is 0 Å². The van der Waals surface area contributed by atoms with Crippen molar-refractivity contribution in [3.63, 3.8) is 0 Å². The molecule has 1 amide bonds. The summed E-state index contributed by atoms with van der Waals surface area (Å²) in [6.45, 7) is 3.15. The second-order valence-corrected chi connectivity index (χ2v) is 10.7. The van der Waals surface area contributed by atoms with Gasteiger partial charge in [0.25, 0.3) is 5.91 Å². The summed E-state index contributed by atoms with van der Waals surface area (Å²) in [6, 6.07) is 16.1. The highest BCUT2D eigenvalue weighted by atomic mass is 19.4. The number of likely N-dealkylation sites (tertiary alicyclic amines) is 1. The van der Waals surface area contributed by atoms with E-state index in [4.69, 9.17) is 4.99 Å². The molecule has 2 heterocycles. The van der Waals surface area contributed by atoms with Gasteiger partial charge in [-0.15, -0.1) is 0 Å². The third-order valence-electron chi connectivity index (χ3n) is 7.88. The second kappa shape index (κ2) is 11.3. The molecule has 3 aromatic rings. The smallest absolute Gasteiger partial charge is 0.390 e. The molecular weight excluding hydrogens is 541 g/mol. The molecular formula is C31H30F5N3O2. The SMILES string of the molecule is CC1=NC(c2ccc(F)cc2)(c2ccc(F)cc2)C(=O)N1CC(O)CN1CCCC(c2ccc(C(F)(F)F)cc2)C1. The molecule has 41 heavy (non-hydrogen) atoms. The minimum Gasteiger partial charge on any atom is -0.390 e. The van der Waals surface area contributed by atoms with Crippen LogP contribution in [0, 0.1) is 11.6 Å². The van der Waals surface area contributed by atoms with Crippen molar-refractivity contribution < 1.29 is 31.9 Å². The van der Waals surface area contributed by atoms with Crippen LogP contribution in [-0.4, -0.2) is 58.9 Å². The third kappa shape index (κ3) is 5.90. The number of benzene rings is 3. The molecule has 0 bridgehead atoms. The standard InChI is InChI=1S/C31H30F5N3O2/c1-20-37-30(23-8-12-26(32)13-9-23,24-10-14-27(33)15-11-24)29(41)39(20)19-28(40)18-38-16-2-3-22(17-38)21-4-6-25(7-5-21)31(34,35)36/h4-15,22,28,40H,2-3,16-19H2,1H3. The van der Waals surface area contributed by atoms with Crippen molar-refractivity contribution in [3.05, 3.63) is 107 Å². The Kier molecular flexibility index (Phi) is 7.98. The Morgan fingerprint density at radius 1 is 0.927 bits per heavy atom. The maximum absolute atomic E-state index is 14.0. The fraction of sp³-hybridized carbons (Fsp3) is 0.355. The average Bonchev–Trinajstić information content (AvgIpc) is 3.19. The number of piperidine rings is 1. The van der Waals surface area contributed by atoms with Gasteiger partial charge in [0.2, 0.25) is 0 Å². The van der Waals surface area contributed by atoms with Crippen LogP contribution in [0.15, 0.2) is 77.8 Å². The van der Waals surface area contributed by atoms with Crippen LogP contribution in [0.4, 0.5) is 22.0 Å². The number of aliphatic imine (C=N–C) groups is 1. The number of β-amino-alcohol motifs (C(OH)–C–C–N with tert-alkyl or cyclic N) is 1. The highest BCUT2D eigenvalue weighted by molar-refractivity contribution is 6.09. The molecule has 2 unspecified atom stereocenters. The molecule has 3 aromatic carbocycles. The third-order valence-corrected chi connectivity index (χ3v) is 7.88. The van der Waals surface area contributed by atoms with Gasteiger partial charge in [0, 0.05) is 13.1 Å². The van der Waals surface area contributed by atoms with Gasteiger partial charge in [-0.3, -0.25) is 9.69 Å². The molecule has 2 aliphatic rings. The maximum atomic E-state index is 14.0. The largest absolute Gasteiger partial charge is 0.416 e. The van der Waals surface area contributed by atoms with Crippen LogP contribution in [0.25, 0.3) is 0 Å². The van der Waals surface area contributed by atoms with E-state index in [1.807, 2.05) is 0 Å². The van der Waals surface area contributed by atoms with E-state index >= 15 is 0 Å². The Morgan fingerprint density at radius 2 is 1.49 bits per heavy atom. The van der Waals surface area contributed by atoms with Gasteiger partial charge in [0.15, 0.2) is 5.54 Å². The second-order valence-electron chi connectivity index (χ2n) is 10.7. The first-order valence-corrected chi connectivity index (χ1v) is 13.5. The Hall–Kier alpha value is -3.63. The Morgan fingerprint density at radius 3 is 2.02 bits per heavy atom. The van der Waals surface area contributed by atoms with E-state index in [0.717, 1.165) is 30.5 Å².